The van der Waals surface area contributed by atoms with Crippen molar-refractivity contribution in [1.29, 1.82) is 0 Å². The standard InChI is InChI=1S/C22H19F3N4O2/c1-28-11-17(14-6-8-16(9-7-14)22(23,24)25)20(21(28)31)19(30)10-15-4-2-3-5-18(15)29-13-26-12-27-29/h2-9,12-13,17,20H,10-11H2,1H3/t17-,20+/m1/s1. The molecule has 0 spiro atoms. The highest BCUT2D eigenvalue weighted by Crippen LogP contribution is 2.36. The average molecular weight is 428 g/mol. The van der Waals surface area contributed by atoms with Crippen LogP contribution in [-0.2, 0) is 22.2 Å². The minimum atomic E-state index is -4.44. The number of carbonyl (C=O) groups excluding carboxylic acids is 2. The Hall–Kier alpha value is -3.49. The average Bonchev–Trinajstić information content (AvgIpc) is 3.37. The quantitative estimate of drug-likeness (QED) is 0.585. The summed E-state index contributed by atoms with van der Waals surface area (Å²) in [5.41, 5.74) is 1.14. The first kappa shape index (κ1) is 20.8. The van der Waals surface area contributed by atoms with E-state index in [1.54, 1.807) is 29.9 Å². The highest BCUT2D eigenvalue weighted by atomic mass is 19.4. The third-order valence-corrected chi connectivity index (χ3v) is 5.55. The molecule has 1 amide bonds. The monoisotopic (exact) mass is 428 g/mol. The zero-order valence-corrected chi connectivity index (χ0v) is 16.6. The molecule has 9 heteroatoms. The number of halogens is 3. The fraction of sp³-hybridized carbons (Fsp3) is 0.273. The molecule has 0 aliphatic carbocycles. The van der Waals surface area contributed by atoms with Gasteiger partial charge in [-0.1, -0.05) is 30.3 Å². The predicted molar refractivity (Wildman–Crippen MR) is 105 cm³/mol. The van der Waals surface area contributed by atoms with Crippen molar-refractivity contribution < 1.29 is 22.8 Å². The summed E-state index contributed by atoms with van der Waals surface area (Å²) in [7, 11) is 1.59. The van der Waals surface area contributed by atoms with Gasteiger partial charge >= 0.3 is 6.18 Å². The predicted octanol–water partition coefficient (Wildman–Crippen LogP) is 3.27. The molecule has 2 heterocycles. The van der Waals surface area contributed by atoms with Gasteiger partial charge < -0.3 is 4.90 Å². The third-order valence-electron chi connectivity index (χ3n) is 5.55. The van der Waals surface area contributed by atoms with Crippen LogP contribution in [0.2, 0.25) is 0 Å². The first-order chi connectivity index (χ1) is 14.8. The van der Waals surface area contributed by atoms with E-state index in [0.717, 1.165) is 12.1 Å². The van der Waals surface area contributed by atoms with Crippen LogP contribution in [-0.4, -0.2) is 44.9 Å². The van der Waals surface area contributed by atoms with E-state index in [4.69, 9.17) is 0 Å². The molecule has 160 valence electrons. The number of ketones is 1. The molecule has 1 aliphatic rings. The van der Waals surface area contributed by atoms with E-state index in [9.17, 15) is 22.8 Å². The fourth-order valence-electron chi connectivity index (χ4n) is 3.99. The fourth-order valence-corrected chi connectivity index (χ4v) is 3.99. The number of aromatic nitrogens is 3. The van der Waals surface area contributed by atoms with Crippen LogP contribution < -0.4 is 0 Å². The molecule has 0 saturated carbocycles. The van der Waals surface area contributed by atoms with Crippen LogP contribution in [0.5, 0.6) is 0 Å². The highest BCUT2D eigenvalue weighted by molar-refractivity contribution is 6.04. The lowest BCUT2D eigenvalue weighted by Crippen LogP contribution is -2.29. The van der Waals surface area contributed by atoms with Gasteiger partial charge in [0, 0.05) is 25.9 Å². The number of para-hydroxylation sites is 1. The number of carbonyl (C=O) groups is 2. The first-order valence-electron chi connectivity index (χ1n) is 9.63. The molecule has 4 rings (SSSR count). The Morgan fingerprint density at radius 3 is 2.48 bits per heavy atom. The third kappa shape index (κ3) is 4.08. The molecule has 2 atom stereocenters. The maximum absolute atomic E-state index is 13.2. The molecule has 0 radical (unpaired) electrons. The number of rotatable bonds is 5. The summed E-state index contributed by atoms with van der Waals surface area (Å²) in [6.07, 6.45) is -1.55. The molecule has 1 saturated heterocycles. The van der Waals surface area contributed by atoms with Crippen LogP contribution in [0.4, 0.5) is 13.2 Å². The van der Waals surface area contributed by atoms with Crippen molar-refractivity contribution in [2.24, 2.45) is 5.92 Å². The van der Waals surface area contributed by atoms with Crippen LogP contribution in [0.1, 0.15) is 22.6 Å². The molecule has 3 aromatic rings. The second-order valence-corrected chi connectivity index (χ2v) is 7.53. The zero-order chi connectivity index (χ0) is 22.2. The van der Waals surface area contributed by atoms with Gasteiger partial charge in [0.15, 0.2) is 0 Å². The zero-order valence-electron chi connectivity index (χ0n) is 16.6. The molecule has 1 aliphatic heterocycles. The van der Waals surface area contributed by atoms with Crippen molar-refractivity contribution in [1.82, 2.24) is 19.7 Å². The molecule has 1 fully saturated rings. The van der Waals surface area contributed by atoms with E-state index in [-0.39, 0.29) is 24.7 Å². The maximum atomic E-state index is 13.2. The smallest absolute Gasteiger partial charge is 0.344 e. The van der Waals surface area contributed by atoms with Gasteiger partial charge in [0.25, 0.3) is 0 Å². The molecular formula is C22H19F3N4O2. The minimum absolute atomic E-state index is 0.00256. The molecule has 1 aromatic heterocycles. The van der Waals surface area contributed by atoms with Crippen molar-refractivity contribution in [3.63, 3.8) is 0 Å². The maximum Gasteiger partial charge on any atom is 0.416 e. The first-order valence-corrected chi connectivity index (χ1v) is 9.63. The summed E-state index contributed by atoms with van der Waals surface area (Å²) in [5, 5.41) is 4.10. The molecule has 0 bridgehead atoms. The molecule has 6 nitrogen and oxygen atoms in total. The Bertz CT molecular complexity index is 1090. The lowest BCUT2D eigenvalue weighted by molar-refractivity contribution is -0.138. The number of hydrogen-bond acceptors (Lipinski definition) is 4. The Kier molecular flexibility index (Phi) is 5.34. The molecule has 2 aromatic carbocycles. The summed E-state index contributed by atoms with van der Waals surface area (Å²) in [4.78, 5) is 31.4. The van der Waals surface area contributed by atoms with E-state index < -0.39 is 23.6 Å². The van der Waals surface area contributed by atoms with Gasteiger partial charge in [-0.2, -0.15) is 18.3 Å². The lowest BCUT2D eigenvalue weighted by Gasteiger charge is -2.18. The number of nitrogens with zero attached hydrogens (tertiary/aromatic N) is 4. The largest absolute Gasteiger partial charge is 0.416 e. The van der Waals surface area contributed by atoms with Crippen LogP contribution in [0.3, 0.4) is 0 Å². The van der Waals surface area contributed by atoms with Crippen LogP contribution >= 0.6 is 0 Å². The summed E-state index contributed by atoms with van der Waals surface area (Å²) in [5.74, 6) is -2.07. The van der Waals surface area contributed by atoms with Crippen molar-refractivity contribution in [2.45, 2.75) is 18.5 Å². The Balaban J connectivity index is 1.61. The van der Waals surface area contributed by atoms with Gasteiger partial charge in [0.05, 0.1) is 11.3 Å². The van der Waals surface area contributed by atoms with Gasteiger partial charge in [-0.3, -0.25) is 9.59 Å². The molecule has 0 unspecified atom stereocenters. The normalized spacial score (nSPS) is 19.1. The van der Waals surface area contributed by atoms with Crippen molar-refractivity contribution in [3.05, 3.63) is 77.9 Å². The molecule has 31 heavy (non-hydrogen) atoms. The van der Waals surface area contributed by atoms with E-state index >= 15 is 0 Å². The van der Waals surface area contributed by atoms with Crippen molar-refractivity contribution >= 4 is 11.7 Å². The number of amides is 1. The number of benzene rings is 2. The number of likely N-dealkylation sites (N-methyl/N-ethyl adjacent to an activating group) is 1. The SMILES string of the molecule is CN1C[C@H](c2ccc(C(F)(F)F)cc2)[C@@H](C(=O)Cc2ccccc2-n2cncn2)C1=O. The number of likely N-dealkylation sites (tertiary alicyclic amines) is 1. The lowest BCUT2D eigenvalue weighted by atomic mass is 9.83. The Morgan fingerprint density at radius 2 is 1.84 bits per heavy atom. The molecular weight excluding hydrogens is 409 g/mol. The molecule has 0 N–H and O–H groups in total. The van der Waals surface area contributed by atoms with E-state index in [1.165, 1.54) is 29.7 Å². The van der Waals surface area contributed by atoms with E-state index in [1.807, 2.05) is 6.07 Å². The number of Topliss-reactive ketones (excluding diaryl/α,β-unsaturated/α-hetero) is 1. The van der Waals surface area contributed by atoms with Crippen molar-refractivity contribution in [3.8, 4) is 5.69 Å². The van der Waals surface area contributed by atoms with E-state index in [2.05, 4.69) is 10.1 Å². The minimum Gasteiger partial charge on any atom is -0.344 e. The number of hydrogen-bond donors (Lipinski definition) is 0. The van der Waals surface area contributed by atoms with Crippen LogP contribution in [0.25, 0.3) is 5.69 Å². The van der Waals surface area contributed by atoms with Crippen molar-refractivity contribution in [2.75, 3.05) is 13.6 Å². The van der Waals surface area contributed by atoms with Gasteiger partial charge in [-0.25, -0.2) is 9.67 Å². The summed E-state index contributed by atoms with van der Waals surface area (Å²) < 4.78 is 40.2. The summed E-state index contributed by atoms with van der Waals surface area (Å²) in [6, 6.07) is 11.9. The van der Waals surface area contributed by atoms with Gasteiger partial charge in [-0.15, -0.1) is 0 Å². The topological polar surface area (TPSA) is 68.1 Å². The van der Waals surface area contributed by atoms with Gasteiger partial charge in [-0.05, 0) is 29.3 Å². The summed E-state index contributed by atoms with van der Waals surface area (Å²) >= 11 is 0. The van der Waals surface area contributed by atoms with Crippen LogP contribution in [0.15, 0.2) is 61.2 Å². The number of alkyl halides is 3. The van der Waals surface area contributed by atoms with Crippen LogP contribution in [0, 0.1) is 5.92 Å². The summed E-state index contributed by atoms with van der Waals surface area (Å²) in [6.45, 7) is 0.269. The Labute approximate surface area is 176 Å². The van der Waals surface area contributed by atoms with Gasteiger partial charge in [0.1, 0.15) is 24.4 Å². The van der Waals surface area contributed by atoms with E-state index in [0.29, 0.717) is 16.8 Å². The second kappa shape index (κ2) is 7.98. The highest BCUT2D eigenvalue weighted by Gasteiger charge is 2.44. The second-order valence-electron chi connectivity index (χ2n) is 7.53. The van der Waals surface area contributed by atoms with Gasteiger partial charge in [0.2, 0.25) is 5.91 Å². The Morgan fingerprint density at radius 1 is 1.13 bits per heavy atom.